The Morgan fingerprint density at radius 1 is 1.27 bits per heavy atom. The number of ketones is 1. The molecule has 2 aromatic rings. The molecule has 0 radical (unpaired) electrons. The van der Waals surface area contributed by atoms with Crippen LogP contribution in [0.2, 0.25) is 0 Å². The van der Waals surface area contributed by atoms with E-state index in [1.807, 2.05) is 24.3 Å². The van der Waals surface area contributed by atoms with Crippen molar-refractivity contribution in [3.05, 3.63) is 36.1 Å². The lowest BCUT2D eigenvalue weighted by atomic mass is 10.1. The van der Waals surface area contributed by atoms with E-state index in [0.717, 1.165) is 23.2 Å². The van der Waals surface area contributed by atoms with E-state index in [1.54, 1.807) is 0 Å². The molecule has 0 amide bonds. The predicted octanol–water partition coefficient (Wildman–Crippen LogP) is 3.27. The van der Waals surface area contributed by atoms with Crippen LogP contribution in [0.1, 0.15) is 30.9 Å². The van der Waals surface area contributed by atoms with E-state index >= 15 is 0 Å². The van der Waals surface area contributed by atoms with Crippen molar-refractivity contribution in [2.45, 2.75) is 25.2 Å². The van der Waals surface area contributed by atoms with Crippen LogP contribution < -0.4 is 0 Å². The lowest BCUT2D eigenvalue weighted by Crippen LogP contribution is -1.91. The maximum absolute atomic E-state index is 11.2. The number of benzene rings is 1. The summed E-state index contributed by atoms with van der Waals surface area (Å²) in [6.07, 6.45) is 2.31. The normalized spacial score (nSPS) is 21.3. The summed E-state index contributed by atoms with van der Waals surface area (Å²) in [7, 11) is 0. The molecule has 76 valence electrons. The van der Waals surface area contributed by atoms with E-state index < -0.39 is 0 Å². The monoisotopic (exact) mass is 200 g/mol. The maximum Gasteiger partial charge on any atom is 0.134 e. The SMILES string of the molecule is O=C1CCC(c2cc3ccccc3o2)C1. The zero-order valence-corrected chi connectivity index (χ0v) is 8.40. The van der Waals surface area contributed by atoms with E-state index in [4.69, 9.17) is 4.42 Å². The average Bonchev–Trinajstić information content (AvgIpc) is 2.82. The van der Waals surface area contributed by atoms with Crippen molar-refractivity contribution in [1.29, 1.82) is 0 Å². The average molecular weight is 200 g/mol. The first-order chi connectivity index (χ1) is 7.33. The van der Waals surface area contributed by atoms with Crippen molar-refractivity contribution in [3.8, 4) is 0 Å². The molecule has 0 bridgehead atoms. The molecule has 0 spiro atoms. The lowest BCUT2D eigenvalue weighted by molar-refractivity contribution is -0.117. The summed E-state index contributed by atoms with van der Waals surface area (Å²) in [5, 5.41) is 1.13. The molecule has 2 heteroatoms. The maximum atomic E-state index is 11.2. The highest BCUT2D eigenvalue weighted by molar-refractivity contribution is 5.82. The van der Waals surface area contributed by atoms with E-state index in [1.165, 1.54) is 0 Å². The molecule has 1 fully saturated rings. The fraction of sp³-hybridized carbons (Fsp3) is 0.308. The first kappa shape index (κ1) is 8.72. The van der Waals surface area contributed by atoms with Gasteiger partial charge in [0.05, 0.1) is 0 Å². The molecule has 15 heavy (non-hydrogen) atoms. The predicted molar refractivity (Wildman–Crippen MR) is 57.8 cm³/mol. The first-order valence-electron chi connectivity index (χ1n) is 5.33. The van der Waals surface area contributed by atoms with Crippen LogP contribution in [0, 0.1) is 0 Å². The lowest BCUT2D eigenvalue weighted by Gasteiger charge is -2.01. The van der Waals surface area contributed by atoms with Gasteiger partial charge in [-0.1, -0.05) is 18.2 Å². The summed E-state index contributed by atoms with van der Waals surface area (Å²) in [5.74, 6) is 1.65. The van der Waals surface area contributed by atoms with Gasteiger partial charge in [-0.2, -0.15) is 0 Å². The van der Waals surface area contributed by atoms with Crippen molar-refractivity contribution in [2.75, 3.05) is 0 Å². The zero-order valence-electron chi connectivity index (χ0n) is 8.40. The molecule has 1 heterocycles. The van der Waals surface area contributed by atoms with Gasteiger partial charge in [0.2, 0.25) is 0 Å². The quantitative estimate of drug-likeness (QED) is 0.707. The van der Waals surface area contributed by atoms with Crippen molar-refractivity contribution in [2.24, 2.45) is 0 Å². The van der Waals surface area contributed by atoms with Gasteiger partial charge in [0.25, 0.3) is 0 Å². The fourth-order valence-electron chi connectivity index (χ4n) is 2.26. The van der Waals surface area contributed by atoms with Gasteiger partial charge in [-0.3, -0.25) is 4.79 Å². The van der Waals surface area contributed by atoms with Crippen LogP contribution in [0.25, 0.3) is 11.0 Å². The third-order valence-electron chi connectivity index (χ3n) is 3.09. The third kappa shape index (κ3) is 1.46. The summed E-state index contributed by atoms with van der Waals surface area (Å²) < 4.78 is 5.75. The standard InChI is InChI=1S/C13H12O2/c14-11-6-5-10(7-11)13-8-9-3-1-2-4-12(9)15-13/h1-4,8,10H,5-7H2. The molecular formula is C13H12O2. The Labute approximate surface area is 87.9 Å². The van der Waals surface area contributed by atoms with E-state index in [-0.39, 0.29) is 0 Å². The van der Waals surface area contributed by atoms with Crippen molar-refractivity contribution < 1.29 is 9.21 Å². The van der Waals surface area contributed by atoms with Crippen LogP contribution in [0.15, 0.2) is 34.7 Å². The van der Waals surface area contributed by atoms with Gasteiger partial charge in [-0.15, -0.1) is 0 Å². The minimum Gasteiger partial charge on any atom is -0.461 e. The van der Waals surface area contributed by atoms with Gasteiger partial charge in [-0.25, -0.2) is 0 Å². The Hall–Kier alpha value is -1.57. The van der Waals surface area contributed by atoms with Crippen LogP contribution in [0.5, 0.6) is 0 Å². The van der Waals surface area contributed by atoms with Crippen LogP contribution in [-0.4, -0.2) is 5.78 Å². The summed E-state index contributed by atoms with van der Waals surface area (Å²) in [6, 6.07) is 10.0. The number of hydrogen-bond acceptors (Lipinski definition) is 2. The second-order valence-corrected chi connectivity index (χ2v) is 4.16. The molecule has 1 aromatic heterocycles. The molecule has 1 aromatic carbocycles. The molecular weight excluding hydrogens is 188 g/mol. The van der Waals surface area contributed by atoms with E-state index in [0.29, 0.717) is 24.5 Å². The smallest absolute Gasteiger partial charge is 0.134 e. The van der Waals surface area contributed by atoms with Crippen molar-refractivity contribution >= 4 is 16.8 Å². The van der Waals surface area contributed by atoms with Gasteiger partial charge in [-0.05, 0) is 18.6 Å². The molecule has 1 atom stereocenters. The van der Waals surface area contributed by atoms with Gasteiger partial charge >= 0.3 is 0 Å². The van der Waals surface area contributed by atoms with Gasteiger partial charge in [0.15, 0.2) is 0 Å². The number of furan rings is 1. The molecule has 1 saturated carbocycles. The molecule has 1 aliphatic carbocycles. The highest BCUT2D eigenvalue weighted by Crippen LogP contribution is 2.34. The van der Waals surface area contributed by atoms with Crippen LogP contribution in [0.4, 0.5) is 0 Å². The largest absolute Gasteiger partial charge is 0.461 e. The van der Waals surface area contributed by atoms with Crippen LogP contribution in [-0.2, 0) is 4.79 Å². The summed E-state index contributed by atoms with van der Waals surface area (Å²) in [4.78, 5) is 11.2. The number of fused-ring (bicyclic) bond motifs is 1. The number of Topliss-reactive ketones (excluding diaryl/α,β-unsaturated/α-hetero) is 1. The van der Waals surface area contributed by atoms with Gasteiger partial charge in [0, 0.05) is 24.1 Å². The molecule has 0 aliphatic heterocycles. The Morgan fingerprint density at radius 2 is 2.13 bits per heavy atom. The minimum absolute atomic E-state index is 0.310. The molecule has 0 saturated heterocycles. The number of hydrogen-bond donors (Lipinski definition) is 0. The van der Waals surface area contributed by atoms with Gasteiger partial charge < -0.3 is 4.42 Å². The molecule has 0 N–H and O–H groups in total. The fourth-order valence-corrected chi connectivity index (χ4v) is 2.26. The highest BCUT2D eigenvalue weighted by atomic mass is 16.3. The topological polar surface area (TPSA) is 30.2 Å². The number of para-hydroxylation sites is 1. The summed E-state index contributed by atoms with van der Waals surface area (Å²) >= 11 is 0. The van der Waals surface area contributed by atoms with E-state index in [9.17, 15) is 4.79 Å². The highest BCUT2D eigenvalue weighted by Gasteiger charge is 2.26. The second kappa shape index (κ2) is 3.23. The molecule has 2 nitrogen and oxygen atoms in total. The summed E-state index contributed by atoms with van der Waals surface area (Å²) in [6.45, 7) is 0. The minimum atomic E-state index is 0.310. The summed E-state index contributed by atoms with van der Waals surface area (Å²) in [5.41, 5.74) is 0.923. The Kier molecular flexibility index (Phi) is 1.88. The Bertz CT molecular complexity index is 477. The third-order valence-corrected chi connectivity index (χ3v) is 3.09. The Morgan fingerprint density at radius 3 is 2.87 bits per heavy atom. The zero-order chi connectivity index (χ0) is 10.3. The second-order valence-electron chi connectivity index (χ2n) is 4.16. The van der Waals surface area contributed by atoms with Crippen molar-refractivity contribution in [1.82, 2.24) is 0 Å². The van der Waals surface area contributed by atoms with E-state index in [2.05, 4.69) is 6.07 Å². The van der Waals surface area contributed by atoms with Gasteiger partial charge in [0.1, 0.15) is 17.1 Å². The van der Waals surface area contributed by atoms with Crippen LogP contribution >= 0.6 is 0 Å². The molecule has 1 aliphatic rings. The molecule has 3 rings (SSSR count). The molecule has 1 unspecified atom stereocenters. The van der Waals surface area contributed by atoms with Crippen molar-refractivity contribution in [3.63, 3.8) is 0 Å². The first-order valence-corrected chi connectivity index (χ1v) is 5.33. The number of carbonyl (C=O) groups excluding carboxylic acids is 1. The van der Waals surface area contributed by atoms with Crippen LogP contribution in [0.3, 0.4) is 0 Å². The number of carbonyl (C=O) groups is 1. The Balaban J connectivity index is 2.01. The number of rotatable bonds is 1.